The maximum Gasteiger partial charge on any atom is 0.240 e. The quantitative estimate of drug-likeness (QED) is 0.512. The molecule has 0 aliphatic rings. The molecule has 0 saturated heterocycles. The lowest BCUT2D eigenvalue weighted by Crippen LogP contribution is -1.89. The summed E-state index contributed by atoms with van der Waals surface area (Å²) in [5, 5.41) is 0. The molecular weight excluding hydrogens is 162 g/mol. The second-order valence-electron chi connectivity index (χ2n) is 3.10. The van der Waals surface area contributed by atoms with Crippen LogP contribution in [-0.2, 0) is 4.79 Å². The predicted molar refractivity (Wildman–Crippen MR) is 52.9 cm³/mol. The van der Waals surface area contributed by atoms with E-state index in [9.17, 15) is 4.79 Å². The Labute approximate surface area is 78.3 Å². The van der Waals surface area contributed by atoms with Gasteiger partial charge in [0, 0.05) is 0 Å². The van der Waals surface area contributed by atoms with E-state index in [4.69, 9.17) is 0 Å². The third-order valence-electron chi connectivity index (χ3n) is 2.25. The zero-order valence-corrected chi connectivity index (χ0v) is 7.95. The largest absolute Gasteiger partial charge is 0.240 e. The Bertz CT molecular complexity index is 309. The summed E-state index contributed by atoms with van der Waals surface area (Å²) >= 11 is 0. The molecule has 0 fully saturated rings. The van der Waals surface area contributed by atoms with Crippen molar-refractivity contribution in [2.75, 3.05) is 0 Å². The van der Waals surface area contributed by atoms with Gasteiger partial charge in [-0.05, 0) is 30.0 Å². The van der Waals surface area contributed by atoms with Crippen molar-refractivity contribution in [1.82, 2.24) is 0 Å². The van der Waals surface area contributed by atoms with E-state index in [1.54, 1.807) is 0 Å². The second kappa shape index (κ2) is 4.58. The summed E-state index contributed by atoms with van der Waals surface area (Å²) in [6.07, 6.45) is 2.64. The smallest absolute Gasteiger partial charge is 0.211 e. The van der Waals surface area contributed by atoms with Crippen LogP contribution in [0.3, 0.4) is 0 Å². The molecule has 1 rings (SSSR count). The van der Waals surface area contributed by atoms with Gasteiger partial charge in [-0.25, -0.2) is 4.79 Å². The fourth-order valence-electron chi connectivity index (χ4n) is 1.17. The zero-order chi connectivity index (χ0) is 9.68. The molecule has 0 aliphatic carbocycles. The first-order chi connectivity index (χ1) is 6.27. The van der Waals surface area contributed by atoms with Gasteiger partial charge in [0.15, 0.2) is 0 Å². The van der Waals surface area contributed by atoms with Crippen LogP contribution in [0.5, 0.6) is 0 Å². The molecule has 0 aromatic heterocycles. The lowest BCUT2D eigenvalue weighted by molar-refractivity contribution is 0.565. The number of nitrogens with zero attached hydrogens (tertiary/aromatic N) is 1. The van der Waals surface area contributed by atoms with Gasteiger partial charge in [0.1, 0.15) is 0 Å². The van der Waals surface area contributed by atoms with Crippen LogP contribution in [0.1, 0.15) is 31.7 Å². The molecule has 2 nitrogen and oxygen atoms in total. The van der Waals surface area contributed by atoms with Crippen LogP contribution in [-0.4, -0.2) is 6.08 Å². The molecule has 68 valence electrons. The van der Waals surface area contributed by atoms with Crippen LogP contribution in [0.4, 0.5) is 5.69 Å². The van der Waals surface area contributed by atoms with Crippen LogP contribution in [0.25, 0.3) is 0 Å². The average Bonchev–Trinajstić information content (AvgIpc) is 2.18. The van der Waals surface area contributed by atoms with E-state index in [-0.39, 0.29) is 0 Å². The fraction of sp³-hybridized carbons (Fsp3) is 0.364. The Kier molecular flexibility index (Phi) is 3.41. The van der Waals surface area contributed by atoms with Crippen molar-refractivity contribution in [2.45, 2.75) is 26.2 Å². The van der Waals surface area contributed by atoms with Crippen molar-refractivity contribution in [3.05, 3.63) is 29.8 Å². The van der Waals surface area contributed by atoms with E-state index in [0.29, 0.717) is 11.6 Å². The molecule has 0 heterocycles. The van der Waals surface area contributed by atoms with E-state index in [1.165, 1.54) is 11.6 Å². The molecule has 13 heavy (non-hydrogen) atoms. The standard InChI is InChI=1S/C11H13NO/c1-3-9(2)10-4-6-11(7-5-10)12-8-13/h4-7,9H,3H2,1-2H3/t9-/m0/s1. The van der Waals surface area contributed by atoms with Crippen molar-refractivity contribution >= 4 is 11.8 Å². The minimum absolute atomic E-state index is 0.564. The Hall–Kier alpha value is -1.40. The number of rotatable bonds is 3. The Morgan fingerprint density at radius 2 is 2.00 bits per heavy atom. The maximum absolute atomic E-state index is 9.96. The first-order valence-electron chi connectivity index (χ1n) is 4.45. The zero-order valence-electron chi connectivity index (χ0n) is 7.95. The van der Waals surface area contributed by atoms with Crippen molar-refractivity contribution in [2.24, 2.45) is 4.99 Å². The van der Waals surface area contributed by atoms with Gasteiger partial charge in [-0.1, -0.05) is 26.0 Å². The van der Waals surface area contributed by atoms with Crippen molar-refractivity contribution in [3.63, 3.8) is 0 Å². The lowest BCUT2D eigenvalue weighted by Gasteiger charge is -2.07. The van der Waals surface area contributed by atoms with Gasteiger partial charge >= 0.3 is 0 Å². The number of hydrogen-bond donors (Lipinski definition) is 0. The molecule has 0 radical (unpaired) electrons. The number of isocyanates is 1. The summed E-state index contributed by atoms with van der Waals surface area (Å²) in [4.78, 5) is 13.5. The van der Waals surface area contributed by atoms with Crippen LogP contribution in [0.2, 0.25) is 0 Å². The Morgan fingerprint density at radius 3 is 2.46 bits per heavy atom. The predicted octanol–water partition coefficient (Wildman–Crippen LogP) is 3.17. The lowest BCUT2D eigenvalue weighted by atomic mass is 9.99. The normalized spacial score (nSPS) is 11.8. The summed E-state index contributed by atoms with van der Waals surface area (Å²) in [5.41, 5.74) is 1.95. The number of aliphatic imine (C=N–C) groups is 1. The summed E-state index contributed by atoms with van der Waals surface area (Å²) < 4.78 is 0. The molecule has 0 spiro atoms. The Morgan fingerprint density at radius 1 is 1.38 bits per heavy atom. The topological polar surface area (TPSA) is 29.4 Å². The highest BCUT2D eigenvalue weighted by Gasteiger charge is 2.01. The van der Waals surface area contributed by atoms with Crippen LogP contribution >= 0.6 is 0 Å². The SMILES string of the molecule is CC[C@H](C)c1ccc(N=C=O)cc1. The molecule has 0 bridgehead atoms. The molecule has 0 amide bonds. The van der Waals surface area contributed by atoms with Gasteiger partial charge in [-0.3, -0.25) is 0 Å². The van der Waals surface area contributed by atoms with Gasteiger partial charge in [0.2, 0.25) is 6.08 Å². The molecule has 1 aromatic carbocycles. The molecule has 0 unspecified atom stereocenters. The molecule has 0 saturated carbocycles. The summed E-state index contributed by atoms with van der Waals surface area (Å²) in [6.45, 7) is 4.33. The van der Waals surface area contributed by atoms with Gasteiger partial charge in [0.25, 0.3) is 0 Å². The monoisotopic (exact) mass is 175 g/mol. The van der Waals surface area contributed by atoms with Gasteiger partial charge in [0.05, 0.1) is 5.69 Å². The second-order valence-corrected chi connectivity index (χ2v) is 3.10. The molecule has 1 atom stereocenters. The molecule has 2 heteroatoms. The van der Waals surface area contributed by atoms with Crippen LogP contribution < -0.4 is 0 Å². The van der Waals surface area contributed by atoms with E-state index in [1.807, 2.05) is 24.3 Å². The van der Waals surface area contributed by atoms with Gasteiger partial charge < -0.3 is 0 Å². The van der Waals surface area contributed by atoms with E-state index in [2.05, 4.69) is 18.8 Å². The van der Waals surface area contributed by atoms with Crippen LogP contribution in [0.15, 0.2) is 29.3 Å². The molecule has 1 aromatic rings. The van der Waals surface area contributed by atoms with Gasteiger partial charge in [-0.2, -0.15) is 4.99 Å². The van der Waals surface area contributed by atoms with Crippen LogP contribution in [0, 0.1) is 0 Å². The average molecular weight is 175 g/mol. The minimum Gasteiger partial charge on any atom is -0.211 e. The number of hydrogen-bond acceptors (Lipinski definition) is 2. The highest BCUT2D eigenvalue weighted by atomic mass is 16.1. The van der Waals surface area contributed by atoms with Crippen molar-refractivity contribution < 1.29 is 4.79 Å². The summed E-state index contributed by atoms with van der Waals surface area (Å²) in [5.74, 6) is 0.564. The third kappa shape index (κ3) is 2.53. The molecule has 0 N–H and O–H groups in total. The molecular formula is C11H13NO. The fourth-order valence-corrected chi connectivity index (χ4v) is 1.17. The van der Waals surface area contributed by atoms with Crippen molar-refractivity contribution in [1.29, 1.82) is 0 Å². The highest BCUT2D eigenvalue weighted by molar-refractivity contribution is 5.49. The summed E-state index contributed by atoms with van der Waals surface area (Å²) in [6, 6.07) is 7.69. The van der Waals surface area contributed by atoms with E-state index < -0.39 is 0 Å². The van der Waals surface area contributed by atoms with E-state index >= 15 is 0 Å². The first kappa shape index (κ1) is 9.69. The molecule has 0 aliphatic heterocycles. The van der Waals surface area contributed by atoms with Crippen molar-refractivity contribution in [3.8, 4) is 0 Å². The minimum atomic E-state index is 0.564. The third-order valence-corrected chi connectivity index (χ3v) is 2.25. The maximum atomic E-state index is 9.96. The van der Waals surface area contributed by atoms with Gasteiger partial charge in [-0.15, -0.1) is 0 Å². The summed E-state index contributed by atoms with van der Waals surface area (Å²) in [7, 11) is 0. The highest BCUT2D eigenvalue weighted by Crippen LogP contribution is 2.21. The Balaban J connectivity index is 2.86. The first-order valence-corrected chi connectivity index (χ1v) is 4.45. The number of benzene rings is 1. The number of carbonyl (C=O) groups excluding carboxylic acids is 1. The van der Waals surface area contributed by atoms with E-state index in [0.717, 1.165) is 6.42 Å².